The molecule has 1 fully saturated rings. The van der Waals surface area contributed by atoms with Gasteiger partial charge in [-0.15, -0.1) is 0 Å². The molecule has 0 saturated heterocycles. The highest BCUT2D eigenvalue weighted by Gasteiger charge is 2.39. The highest BCUT2D eigenvalue weighted by Crippen LogP contribution is 2.42. The van der Waals surface area contributed by atoms with E-state index < -0.39 is 0 Å². The average molecular weight is 249 g/mol. The molecule has 0 bridgehead atoms. The molecule has 1 aliphatic carbocycles. The van der Waals surface area contributed by atoms with Crippen molar-refractivity contribution in [3.63, 3.8) is 0 Å². The Bertz CT molecular complexity index is 396. The van der Waals surface area contributed by atoms with Crippen molar-refractivity contribution in [3.05, 3.63) is 18.1 Å². The van der Waals surface area contributed by atoms with E-state index in [0.717, 1.165) is 25.1 Å². The van der Waals surface area contributed by atoms with Gasteiger partial charge in [0.15, 0.2) is 0 Å². The molecule has 18 heavy (non-hydrogen) atoms. The lowest BCUT2D eigenvalue weighted by Crippen LogP contribution is -2.30. The van der Waals surface area contributed by atoms with Crippen molar-refractivity contribution in [2.75, 3.05) is 13.7 Å². The van der Waals surface area contributed by atoms with E-state index >= 15 is 0 Å². The van der Waals surface area contributed by atoms with Crippen molar-refractivity contribution in [1.82, 2.24) is 15.3 Å². The lowest BCUT2D eigenvalue weighted by atomic mass is 9.84. The Labute approximate surface area is 109 Å². The van der Waals surface area contributed by atoms with Crippen LogP contribution in [0.25, 0.3) is 0 Å². The largest absolute Gasteiger partial charge is 0.480 e. The molecule has 1 aromatic rings. The zero-order valence-electron chi connectivity index (χ0n) is 11.6. The Kier molecular flexibility index (Phi) is 4.17. The summed E-state index contributed by atoms with van der Waals surface area (Å²) in [5.74, 6) is 0.677. The molecular weight excluding hydrogens is 226 g/mol. The second kappa shape index (κ2) is 5.65. The molecule has 1 saturated carbocycles. The predicted molar refractivity (Wildman–Crippen MR) is 71.9 cm³/mol. The Morgan fingerprint density at radius 1 is 1.44 bits per heavy atom. The number of methoxy groups -OCH3 is 1. The summed E-state index contributed by atoms with van der Waals surface area (Å²) < 4.78 is 5.35. The van der Waals surface area contributed by atoms with Crippen molar-refractivity contribution >= 4 is 0 Å². The number of aromatic nitrogens is 2. The van der Waals surface area contributed by atoms with Gasteiger partial charge >= 0.3 is 0 Å². The molecule has 0 aliphatic heterocycles. The van der Waals surface area contributed by atoms with Crippen molar-refractivity contribution in [3.8, 4) is 5.88 Å². The highest BCUT2D eigenvalue weighted by molar-refractivity contribution is 5.28. The van der Waals surface area contributed by atoms with E-state index in [2.05, 4.69) is 29.1 Å². The molecular formula is C14H23N3O. The Morgan fingerprint density at radius 3 is 2.94 bits per heavy atom. The predicted octanol–water partition coefficient (Wildman–Crippen LogP) is 2.29. The van der Waals surface area contributed by atoms with Crippen LogP contribution >= 0.6 is 0 Å². The molecule has 2 atom stereocenters. The minimum Gasteiger partial charge on any atom is -0.480 e. The Morgan fingerprint density at radius 2 is 2.22 bits per heavy atom. The number of nitrogens with one attached hydrogen (secondary N) is 1. The third-order valence-electron chi connectivity index (χ3n) is 3.85. The van der Waals surface area contributed by atoms with Crippen LogP contribution in [-0.2, 0) is 5.41 Å². The van der Waals surface area contributed by atoms with Crippen molar-refractivity contribution in [2.45, 2.75) is 51.0 Å². The number of hydrogen-bond donors (Lipinski definition) is 1. The van der Waals surface area contributed by atoms with Crippen LogP contribution in [0.4, 0.5) is 0 Å². The molecule has 2 unspecified atom stereocenters. The zero-order chi connectivity index (χ0) is 13.0. The molecule has 1 aliphatic rings. The van der Waals surface area contributed by atoms with E-state index in [1.165, 1.54) is 12.8 Å². The summed E-state index contributed by atoms with van der Waals surface area (Å²) in [5, 5.41) is 3.60. The lowest BCUT2D eigenvalue weighted by molar-refractivity contribution is 0.359. The molecule has 4 nitrogen and oxygen atoms in total. The lowest BCUT2D eigenvalue weighted by Gasteiger charge is -2.24. The summed E-state index contributed by atoms with van der Waals surface area (Å²) in [7, 11) is 1.67. The minimum atomic E-state index is 0.0883. The van der Waals surface area contributed by atoms with E-state index in [0.29, 0.717) is 11.9 Å². The second-order valence-electron chi connectivity index (χ2n) is 5.37. The Balaban J connectivity index is 2.12. The van der Waals surface area contributed by atoms with Gasteiger partial charge in [0, 0.05) is 23.9 Å². The fourth-order valence-electron chi connectivity index (χ4n) is 2.87. The first-order valence-corrected chi connectivity index (χ1v) is 6.78. The monoisotopic (exact) mass is 249 g/mol. The van der Waals surface area contributed by atoms with Gasteiger partial charge < -0.3 is 10.1 Å². The van der Waals surface area contributed by atoms with Crippen LogP contribution in [0.15, 0.2) is 12.4 Å². The van der Waals surface area contributed by atoms with Crippen LogP contribution in [0.3, 0.4) is 0 Å². The molecule has 0 radical (unpaired) electrons. The van der Waals surface area contributed by atoms with E-state index in [1.807, 2.05) is 0 Å². The summed E-state index contributed by atoms with van der Waals surface area (Å²) in [5.41, 5.74) is 1.10. The molecule has 1 heterocycles. The van der Waals surface area contributed by atoms with Crippen molar-refractivity contribution in [1.29, 1.82) is 0 Å². The maximum absolute atomic E-state index is 5.35. The van der Waals surface area contributed by atoms with Gasteiger partial charge in [0.2, 0.25) is 5.88 Å². The number of hydrogen-bond acceptors (Lipinski definition) is 4. The van der Waals surface area contributed by atoms with Gasteiger partial charge in [-0.25, -0.2) is 4.98 Å². The first-order chi connectivity index (χ1) is 8.69. The molecule has 100 valence electrons. The standard InChI is InChI=1S/C14H23N3O/c1-4-7-15-11-5-6-14(2,10-11)12-13(18-3)17-9-8-16-12/h8-9,11,15H,4-7,10H2,1-3H3. The number of rotatable bonds is 5. The fraction of sp³-hybridized carbons (Fsp3) is 0.714. The summed E-state index contributed by atoms with van der Waals surface area (Å²) >= 11 is 0. The van der Waals surface area contributed by atoms with Gasteiger partial charge in [-0.05, 0) is 32.2 Å². The number of ether oxygens (including phenoxy) is 1. The quantitative estimate of drug-likeness (QED) is 0.869. The molecule has 2 rings (SSSR count). The fourth-order valence-corrected chi connectivity index (χ4v) is 2.87. The van der Waals surface area contributed by atoms with Crippen LogP contribution in [0.1, 0.15) is 45.2 Å². The third kappa shape index (κ3) is 2.64. The van der Waals surface area contributed by atoms with Gasteiger partial charge in [0.25, 0.3) is 0 Å². The Hall–Kier alpha value is -1.16. The van der Waals surface area contributed by atoms with E-state index in [1.54, 1.807) is 19.5 Å². The molecule has 0 amide bonds. The normalized spacial score (nSPS) is 27.4. The SMILES string of the molecule is CCCNC1CCC(C)(c2nccnc2OC)C1. The van der Waals surface area contributed by atoms with E-state index in [9.17, 15) is 0 Å². The first kappa shape index (κ1) is 13.3. The van der Waals surface area contributed by atoms with Gasteiger partial charge in [-0.3, -0.25) is 4.98 Å². The van der Waals surface area contributed by atoms with Gasteiger partial charge in [-0.1, -0.05) is 13.8 Å². The van der Waals surface area contributed by atoms with E-state index in [-0.39, 0.29) is 5.41 Å². The molecule has 0 aromatic carbocycles. The summed E-state index contributed by atoms with van der Waals surface area (Å²) in [6, 6.07) is 0.599. The topological polar surface area (TPSA) is 47.0 Å². The van der Waals surface area contributed by atoms with Gasteiger partial charge in [0.05, 0.1) is 7.11 Å². The summed E-state index contributed by atoms with van der Waals surface area (Å²) in [6.45, 7) is 5.57. The van der Waals surface area contributed by atoms with Crippen LogP contribution in [0.5, 0.6) is 5.88 Å². The second-order valence-corrected chi connectivity index (χ2v) is 5.37. The molecule has 1 N–H and O–H groups in total. The highest BCUT2D eigenvalue weighted by atomic mass is 16.5. The van der Waals surface area contributed by atoms with Gasteiger partial charge in [-0.2, -0.15) is 0 Å². The van der Waals surface area contributed by atoms with Crippen molar-refractivity contribution in [2.24, 2.45) is 0 Å². The minimum absolute atomic E-state index is 0.0883. The smallest absolute Gasteiger partial charge is 0.235 e. The molecule has 0 spiro atoms. The zero-order valence-corrected chi connectivity index (χ0v) is 11.6. The van der Waals surface area contributed by atoms with Gasteiger partial charge in [0.1, 0.15) is 5.69 Å². The van der Waals surface area contributed by atoms with Crippen molar-refractivity contribution < 1.29 is 4.74 Å². The molecule has 4 heteroatoms. The average Bonchev–Trinajstić information content (AvgIpc) is 2.79. The molecule has 1 aromatic heterocycles. The maximum Gasteiger partial charge on any atom is 0.235 e. The maximum atomic E-state index is 5.35. The van der Waals surface area contributed by atoms with Crippen LogP contribution < -0.4 is 10.1 Å². The number of nitrogens with zero attached hydrogens (tertiary/aromatic N) is 2. The van der Waals surface area contributed by atoms with Crippen LogP contribution in [0, 0.1) is 0 Å². The van der Waals surface area contributed by atoms with E-state index in [4.69, 9.17) is 4.74 Å². The van der Waals surface area contributed by atoms with Crippen LogP contribution in [0.2, 0.25) is 0 Å². The first-order valence-electron chi connectivity index (χ1n) is 6.78. The third-order valence-corrected chi connectivity index (χ3v) is 3.85. The van der Waals surface area contributed by atoms with Crippen LogP contribution in [-0.4, -0.2) is 29.7 Å². The summed E-state index contributed by atoms with van der Waals surface area (Å²) in [6.07, 6.45) is 8.09. The summed E-state index contributed by atoms with van der Waals surface area (Å²) in [4.78, 5) is 8.77.